The van der Waals surface area contributed by atoms with E-state index in [0.29, 0.717) is 0 Å². The fraction of sp³-hybridized carbons (Fsp3) is 0.333. The first kappa shape index (κ1) is 17.7. The zero-order valence-corrected chi connectivity index (χ0v) is 14.0. The van der Waals surface area contributed by atoms with Crippen molar-refractivity contribution in [1.29, 1.82) is 0 Å². The lowest BCUT2D eigenvalue weighted by atomic mass is 9.97. The summed E-state index contributed by atoms with van der Waals surface area (Å²) >= 11 is 0. The van der Waals surface area contributed by atoms with Gasteiger partial charge in [0.25, 0.3) is 0 Å². The molecule has 0 amide bonds. The van der Waals surface area contributed by atoms with Crippen molar-refractivity contribution in [2.45, 2.75) is 41.5 Å². The van der Waals surface area contributed by atoms with E-state index in [1.165, 1.54) is 0 Å². The summed E-state index contributed by atoms with van der Waals surface area (Å²) in [6.45, 7) is 17.8. The highest BCUT2D eigenvalue weighted by Gasteiger charge is 2.22. The van der Waals surface area contributed by atoms with Crippen molar-refractivity contribution in [3.8, 4) is 11.5 Å². The number of rotatable bonds is 4. The topological polar surface area (TPSA) is 52.6 Å². The van der Waals surface area contributed by atoms with Crippen LogP contribution < -0.4 is 9.47 Å². The van der Waals surface area contributed by atoms with Gasteiger partial charge in [-0.05, 0) is 63.8 Å². The Balaban J connectivity index is 3.50. The van der Waals surface area contributed by atoms with Crippen LogP contribution in [0, 0.1) is 27.7 Å². The van der Waals surface area contributed by atoms with E-state index in [9.17, 15) is 9.59 Å². The summed E-state index contributed by atoms with van der Waals surface area (Å²) in [7, 11) is 0. The van der Waals surface area contributed by atoms with Gasteiger partial charge in [-0.3, -0.25) is 0 Å². The lowest BCUT2D eigenvalue weighted by molar-refractivity contribution is -0.132. The van der Waals surface area contributed by atoms with E-state index in [1.54, 1.807) is 13.8 Å². The zero-order valence-electron chi connectivity index (χ0n) is 14.0. The van der Waals surface area contributed by atoms with Gasteiger partial charge in [0.2, 0.25) is 0 Å². The number of esters is 2. The van der Waals surface area contributed by atoms with Crippen molar-refractivity contribution in [3.05, 3.63) is 46.6 Å². The van der Waals surface area contributed by atoms with E-state index >= 15 is 0 Å². The first-order valence-electron chi connectivity index (χ1n) is 6.93. The fourth-order valence-corrected chi connectivity index (χ4v) is 1.85. The normalized spacial score (nSPS) is 10.1. The molecular formula is C18H22O4. The van der Waals surface area contributed by atoms with Crippen molar-refractivity contribution in [1.82, 2.24) is 0 Å². The Morgan fingerprint density at radius 1 is 0.682 bits per heavy atom. The second-order valence-corrected chi connectivity index (χ2v) is 5.50. The number of hydrogen-bond donors (Lipinski definition) is 0. The summed E-state index contributed by atoms with van der Waals surface area (Å²) in [5.74, 6) is -0.608. The van der Waals surface area contributed by atoms with Crippen LogP contribution in [0.15, 0.2) is 24.3 Å². The maximum Gasteiger partial charge on any atom is 0.338 e. The second-order valence-electron chi connectivity index (χ2n) is 5.50. The van der Waals surface area contributed by atoms with E-state index < -0.39 is 11.9 Å². The van der Waals surface area contributed by atoms with Crippen LogP contribution >= 0.6 is 0 Å². The number of ether oxygens (including phenoxy) is 2. The van der Waals surface area contributed by atoms with Crippen LogP contribution in [0.2, 0.25) is 0 Å². The van der Waals surface area contributed by atoms with Crippen LogP contribution in [-0.2, 0) is 9.59 Å². The van der Waals surface area contributed by atoms with Crippen molar-refractivity contribution >= 4 is 11.9 Å². The van der Waals surface area contributed by atoms with E-state index in [0.717, 1.165) is 22.3 Å². The summed E-state index contributed by atoms with van der Waals surface area (Å²) in [5.41, 5.74) is 4.01. The number of benzene rings is 1. The SMILES string of the molecule is C=C(C)C(=O)Oc1c(C)c(C)c(C)c(C)c1OC(=O)C(=C)C. The molecule has 0 radical (unpaired) electrons. The summed E-state index contributed by atoms with van der Waals surface area (Å²) in [6.07, 6.45) is 0. The molecule has 118 valence electrons. The first-order chi connectivity index (χ1) is 10.1. The maximum atomic E-state index is 11.9. The summed E-state index contributed by atoms with van der Waals surface area (Å²) < 4.78 is 10.8. The first-order valence-corrected chi connectivity index (χ1v) is 6.93. The van der Waals surface area contributed by atoms with Crippen LogP contribution in [0.3, 0.4) is 0 Å². The van der Waals surface area contributed by atoms with Crippen molar-refractivity contribution in [3.63, 3.8) is 0 Å². The third-order valence-corrected chi connectivity index (χ3v) is 3.66. The van der Waals surface area contributed by atoms with Crippen molar-refractivity contribution in [2.75, 3.05) is 0 Å². The molecule has 1 aromatic rings. The molecule has 4 heteroatoms. The highest BCUT2D eigenvalue weighted by molar-refractivity contribution is 5.91. The highest BCUT2D eigenvalue weighted by Crippen LogP contribution is 2.39. The molecule has 0 aromatic heterocycles. The smallest absolute Gasteiger partial charge is 0.338 e. The minimum atomic E-state index is -0.557. The maximum absolute atomic E-state index is 11.9. The molecule has 0 bridgehead atoms. The molecule has 0 heterocycles. The molecule has 0 spiro atoms. The minimum absolute atomic E-state index is 0.253. The Bertz CT molecular complexity index is 622. The molecule has 1 aromatic carbocycles. The molecule has 0 atom stereocenters. The highest BCUT2D eigenvalue weighted by atomic mass is 16.6. The van der Waals surface area contributed by atoms with Gasteiger partial charge in [0.15, 0.2) is 11.5 Å². The Labute approximate surface area is 131 Å². The number of carbonyl (C=O) groups is 2. The summed E-state index contributed by atoms with van der Waals surface area (Å²) in [6, 6.07) is 0. The molecule has 0 unspecified atom stereocenters. The van der Waals surface area contributed by atoms with Gasteiger partial charge < -0.3 is 9.47 Å². The Hall–Kier alpha value is -2.36. The molecule has 0 aliphatic carbocycles. The van der Waals surface area contributed by atoms with Gasteiger partial charge in [-0.1, -0.05) is 13.2 Å². The predicted molar refractivity (Wildman–Crippen MR) is 86.3 cm³/mol. The average molecular weight is 302 g/mol. The number of carbonyl (C=O) groups excluding carboxylic acids is 2. The standard InChI is InChI=1S/C18H22O4/c1-9(2)17(19)21-15-13(7)11(5)12(6)14(8)16(15)22-18(20)10(3)4/h1,3H2,2,4-8H3. The minimum Gasteiger partial charge on any atom is -0.419 e. The van der Waals surface area contributed by atoms with Gasteiger partial charge in [-0.2, -0.15) is 0 Å². The largest absolute Gasteiger partial charge is 0.419 e. The van der Waals surface area contributed by atoms with Gasteiger partial charge in [0.1, 0.15) is 0 Å². The van der Waals surface area contributed by atoms with Crippen LogP contribution in [0.5, 0.6) is 11.5 Å². The summed E-state index contributed by atoms with van der Waals surface area (Å²) in [5, 5.41) is 0. The number of hydrogen-bond acceptors (Lipinski definition) is 4. The van der Waals surface area contributed by atoms with Gasteiger partial charge in [0.05, 0.1) is 0 Å². The van der Waals surface area contributed by atoms with E-state index in [1.807, 2.05) is 27.7 Å². The van der Waals surface area contributed by atoms with Crippen LogP contribution in [-0.4, -0.2) is 11.9 Å². The van der Waals surface area contributed by atoms with Crippen molar-refractivity contribution in [2.24, 2.45) is 0 Å². The van der Waals surface area contributed by atoms with Crippen LogP contribution in [0.4, 0.5) is 0 Å². The predicted octanol–water partition coefficient (Wildman–Crippen LogP) is 3.88. The van der Waals surface area contributed by atoms with Crippen LogP contribution in [0.25, 0.3) is 0 Å². The molecular weight excluding hydrogens is 280 g/mol. The third kappa shape index (κ3) is 3.45. The lowest BCUT2D eigenvalue weighted by Gasteiger charge is -2.19. The van der Waals surface area contributed by atoms with Crippen molar-refractivity contribution < 1.29 is 19.1 Å². The quantitative estimate of drug-likeness (QED) is 0.481. The molecule has 0 N–H and O–H groups in total. The Morgan fingerprint density at radius 3 is 1.18 bits per heavy atom. The molecule has 0 fully saturated rings. The van der Waals surface area contributed by atoms with Gasteiger partial charge >= 0.3 is 11.9 Å². The molecule has 22 heavy (non-hydrogen) atoms. The van der Waals surface area contributed by atoms with E-state index in [2.05, 4.69) is 13.2 Å². The van der Waals surface area contributed by atoms with Gasteiger partial charge in [-0.25, -0.2) is 9.59 Å². The zero-order chi connectivity index (χ0) is 17.2. The van der Waals surface area contributed by atoms with Crippen LogP contribution in [0.1, 0.15) is 36.1 Å². The van der Waals surface area contributed by atoms with E-state index in [-0.39, 0.29) is 22.6 Å². The van der Waals surface area contributed by atoms with Gasteiger partial charge in [0, 0.05) is 11.1 Å². The Morgan fingerprint density at radius 2 is 0.955 bits per heavy atom. The Kier molecular flexibility index (Phi) is 5.31. The molecule has 0 saturated carbocycles. The monoisotopic (exact) mass is 302 g/mol. The summed E-state index contributed by atoms with van der Waals surface area (Å²) in [4.78, 5) is 23.7. The average Bonchev–Trinajstić information content (AvgIpc) is 2.45. The molecule has 4 nitrogen and oxygen atoms in total. The fourth-order valence-electron chi connectivity index (χ4n) is 1.85. The molecule has 1 rings (SSSR count). The second kappa shape index (κ2) is 6.60. The molecule has 0 aliphatic rings. The molecule has 0 saturated heterocycles. The molecule has 0 aliphatic heterocycles. The lowest BCUT2D eigenvalue weighted by Crippen LogP contribution is -2.15. The van der Waals surface area contributed by atoms with Gasteiger partial charge in [-0.15, -0.1) is 0 Å². The third-order valence-electron chi connectivity index (χ3n) is 3.66. The van der Waals surface area contributed by atoms with E-state index in [4.69, 9.17) is 9.47 Å².